The number of carbonyl (C=O) groups excluding carboxylic acids is 1. The number of benzene rings is 1. The van der Waals surface area contributed by atoms with Gasteiger partial charge >= 0.3 is 0 Å². The number of hydrogen-bond acceptors (Lipinski definition) is 2. The highest BCUT2D eigenvalue weighted by Gasteiger charge is 2.23. The van der Waals surface area contributed by atoms with Crippen molar-refractivity contribution in [3.63, 3.8) is 0 Å². The smallest absolute Gasteiger partial charge is 0.251 e. The van der Waals surface area contributed by atoms with Gasteiger partial charge in [-0.3, -0.25) is 4.79 Å². The Labute approximate surface area is 102 Å². The molecule has 1 aromatic rings. The molecule has 3 heteroatoms. The van der Waals surface area contributed by atoms with Crippen LogP contribution in [0, 0.1) is 12.8 Å². The van der Waals surface area contributed by atoms with E-state index in [4.69, 9.17) is 0 Å². The number of aliphatic hydroxyl groups is 1. The Balaban J connectivity index is 1.88. The van der Waals surface area contributed by atoms with Crippen LogP contribution in [-0.2, 0) is 0 Å². The molecule has 2 N–H and O–H groups in total. The minimum atomic E-state index is -0.171. The van der Waals surface area contributed by atoms with E-state index in [1.54, 1.807) is 0 Å². The second-order valence-electron chi connectivity index (χ2n) is 4.86. The van der Waals surface area contributed by atoms with Gasteiger partial charge in [-0.05, 0) is 43.7 Å². The molecule has 0 saturated heterocycles. The summed E-state index contributed by atoms with van der Waals surface area (Å²) in [5, 5.41) is 12.4. The third-order valence-electron chi connectivity index (χ3n) is 3.45. The minimum Gasteiger partial charge on any atom is -0.393 e. The first-order valence-corrected chi connectivity index (χ1v) is 6.18. The van der Waals surface area contributed by atoms with E-state index in [2.05, 4.69) is 5.32 Å². The summed E-state index contributed by atoms with van der Waals surface area (Å²) in [7, 11) is 0. The second kappa shape index (κ2) is 5.32. The van der Waals surface area contributed by atoms with Crippen LogP contribution in [0.4, 0.5) is 0 Å². The molecule has 1 aromatic carbocycles. The van der Waals surface area contributed by atoms with Crippen LogP contribution < -0.4 is 5.32 Å². The Morgan fingerprint density at radius 1 is 1.41 bits per heavy atom. The Bertz CT molecular complexity index is 403. The third kappa shape index (κ3) is 3.07. The van der Waals surface area contributed by atoms with E-state index in [1.807, 2.05) is 31.2 Å². The number of amides is 1. The topological polar surface area (TPSA) is 49.3 Å². The Hall–Kier alpha value is -1.35. The summed E-state index contributed by atoms with van der Waals surface area (Å²) in [5.74, 6) is 0.419. The number of rotatable bonds is 3. The molecule has 0 spiro atoms. The highest BCUT2D eigenvalue weighted by molar-refractivity contribution is 5.95. The lowest BCUT2D eigenvalue weighted by molar-refractivity contribution is 0.0944. The molecule has 1 fully saturated rings. The molecule has 1 aliphatic carbocycles. The first kappa shape index (κ1) is 12.1. The maximum atomic E-state index is 11.9. The summed E-state index contributed by atoms with van der Waals surface area (Å²) >= 11 is 0. The van der Waals surface area contributed by atoms with Gasteiger partial charge in [-0.1, -0.05) is 18.2 Å². The highest BCUT2D eigenvalue weighted by atomic mass is 16.3. The van der Waals surface area contributed by atoms with E-state index in [0.29, 0.717) is 12.5 Å². The molecule has 0 aromatic heterocycles. The first-order chi connectivity index (χ1) is 8.16. The highest BCUT2D eigenvalue weighted by Crippen LogP contribution is 2.24. The number of hydrogen-bond donors (Lipinski definition) is 2. The molecule has 0 radical (unpaired) electrons. The largest absolute Gasteiger partial charge is 0.393 e. The molecule has 0 heterocycles. The van der Waals surface area contributed by atoms with Crippen LogP contribution in [0.3, 0.4) is 0 Å². The molecular formula is C14H19NO2. The molecule has 3 nitrogen and oxygen atoms in total. The van der Waals surface area contributed by atoms with Gasteiger partial charge in [0, 0.05) is 12.1 Å². The van der Waals surface area contributed by atoms with Crippen molar-refractivity contribution >= 4 is 5.91 Å². The monoisotopic (exact) mass is 233 g/mol. The normalized spacial score (nSPS) is 23.6. The SMILES string of the molecule is Cc1ccccc1C(=O)NCC1CCC(O)C1. The van der Waals surface area contributed by atoms with Crippen LogP contribution in [0.15, 0.2) is 24.3 Å². The van der Waals surface area contributed by atoms with Gasteiger partial charge in [0.05, 0.1) is 6.10 Å². The predicted molar refractivity (Wildman–Crippen MR) is 66.9 cm³/mol. The molecule has 2 unspecified atom stereocenters. The summed E-state index contributed by atoms with van der Waals surface area (Å²) in [6.45, 7) is 2.61. The van der Waals surface area contributed by atoms with Gasteiger partial charge in [-0.2, -0.15) is 0 Å². The van der Waals surface area contributed by atoms with Gasteiger partial charge in [0.25, 0.3) is 5.91 Å². The Morgan fingerprint density at radius 2 is 2.18 bits per heavy atom. The molecule has 92 valence electrons. The summed E-state index contributed by atoms with van der Waals surface area (Å²) in [6, 6.07) is 7.59. The van der Waals surface area contributed by atoms with Gasteiger partial charge in [-0.15, -0.1) is 0 Å². The fourth-order valence-corrected chi connectivity index (χ4v) is 2.39. The molecule has 2 atom stereocenters. The fourth-order valence-electron chi connectivity index (χ4n) is 2.39. The van der Waals surface area contributed by atoms with Gasteiger partial charge in [0.15, 0.2) is 0 Å². The minimum absolute atomic E-state index is 0.00973. The zero-order valence-corrected chi connectivity index (χ0v) is 10.1. The summed E-state index contributed by atoms with van der Waals surface area (Å²) in [6.07, 6.45) is 2.52. The quantitative estimate of drug-likeness (QED) is 0.837. The number of aryl methyl sites for hydroxylation is 1. The second-order valence-corrected chi connectivity index (χ2v) is 4.86. The summed E-state index contributed by atoms with van der Waals surface area (Å²) in [5.41, 5.74) is 1.74. The van der Waals surface area contributed by atoms with Gasteiger partial charge < -0.3 is 10.4 Å². The molecule has 1 aliphatic rings. The third-order valence-corrected chi connectivity index (χ3v) is 3.45. The summed E-state index contributed by atoms with van der Waals surface area (Å²) in [4.78, 5) is 11.9. The molecule has 1 amide bonds. The van der Waals surface area contributed by atoms with Crippen molar-refractivity contribution in [3.8, 4) is 0 Å². The van der Waals surface area contributed by atoms with Gasteiger partial charge in [-0.25, -0.2) is 0 Å². The lowest BCUT2D eigenvalue weighted by Gasteiger charge is -2.11. The van der Waals surface area contributed by atoms with Gasteiger partial charge in [0.2, 0.25) is 0 Å². The standard InChI is InChI=1S/C14H19NO2/c1-10-4-2-3-5-13(10)14(17)15-9-11-6-7-12(16)8-11/h2-5,11-12,16H,6-9H2,1H3,(H,15,17). The number of nitrogens with one attached hydrogen (secondary N) is 1. The Morgan fingerprint density at radius 3 is 2.82 bits per heavy atom. The van der Waals surface area contributed by atoms with E-state index in [-0.39, 0.29) is 12.0 Å². The van der Waals surface area contributed by atoms with Crippen molar-refractivity contribution < 1.29 is 9.90 Å². The van der Waals surface area contributed by atoms with Crippen molar-refractivity contribution in [2.24, 2.45) is 5.92 Å². The van der Waals surface area contributed by atoms with Gasteiger partial charge in [0.1, 0.15) is 0 Å². The van der Waals surface area contributed by atoms with E-state index in [1.165, 1.54) is 0 Å². The van der Waals surface area contributed by atoms with E-state index in [9.17, 15) is 9.90 Å². The predicted octanol–water partition coefficient (Wildman–Crippen LogP) is 1.89. The molecule has 17 heavy (non-hydrogen) atoms. The average molecular weight is 233 g/mol. The first-order valence-electron chi connectivity index (χ1n) is 6.18. The maximum absolute atomic E-state index is 11.9. The Kier molecular flexibility index (Phi) is 3.79. The lowest BCUT2D eigenvalue weighted by Crippen LogP contribution is -2.29. The van der Waals surface area contributed by atoms with Crippen LogP contribution in [0.1, 0.15) is 35.2 Å². The molecule has 1 saturated carbocycles. The maximum Gasteiger partial charge on any atom is 0.251 e. The molecule has 0 aliphatic heterocycles. The van der Waals surface area contributed by atoms with Crippen molar-refractivity contribution in [1.29, 1.82) is 0 Å². The van der Waals surface area contributed by atoms with Crippen LogP contribution in [0.25, 0.3) is 0 Å². The van der Waals surface area contributed by atoms with Crippen LogP contribution in [0.5, 0.6) is 0 Å². The van der Waals surface area contributed by atoms with Crippen molar-refractivity contribution in [1.82, 2.24) is 5.32 Å². The molecule has 2 rings (SSSR count). The molecular weight excluding hydrogens is 214 g/mol. The van der Waals surface area contributed by atoms with E-state index < -0.39 is 0 Å². The van der Waals surface area contributed by atoms with Crippen LogP contribution in [0.2, 0.25) is 0 Å². The zero-order chi connectivity index (χ0) is 12.3. The average Bonchev–Trinajstić information content (AvgIpc) is 2.73. The number of carbonyl (C=O) groups is 1. The molecule has 0 bridgehead atoms. The van der Waals surface area contributed by atoms with Crippen molar-refractivity contribution in [3.05, 3.63) is 35.4 Å². The fraction of sp³-hybridized carbons (Fsp3) is 0.500. The van der Waals surface area contributed by atoms with Crippen molar-refractivity contribution in [2.75, 3.05) is 6.54 Å². The van der Waals surface area contributed by atoms with Crippen LogP contribution >= 0.6 is 0 Å². The lowest BCUT2D eigenvalue weighted by atomic mass is 10.1. The summed E-state index contributed by atoms with van der Waals surface area (Å²) < 4.78 is 0. The zero-order valence-electron chi connectivity index (χ0n) is 10.1. The number of aliphatic hydroxyl groups excluding tert-OH is 1. The van der Waals surface area contributed by atoms with E-state index >= 15 is 0 Å². The van der Waals surface area contributed by atoms with E-state index in [0.717, 1.165) is 30.4 Å². The van der Waals surface area contributed by atoms with Crippen LogP contribution in [-0.4, -0.2) is 23.7 Å². The van der Waals surface area contributed by atoms with Crippen molar-refractivity contribution in [2.45, 2.75) is 32.3 Å².